The highest BCUT2D eigenvalue weighted by Crippen LogP contribution is 2.18. The van der Waals surface area contributed by atoms with E-state index in [2.05, 4.69) is 0 Å². The molecule has 0 rings (SSSR count). The number of carbonyl (C=O) groups excluding carboxylic acids is 1. The Bertz CT molecular complexity index is 543. The fourth-order valence-electron chi connectivity index (χ4n) is 2.81. The van der Waals surface area contributed by atoms with Crippen LogP contribution in [0.4, 0.5) is 0 Å². The van der Waals surface area contributed by atoms with Gasteiger partial charge in [-0.25, -0.2) is 0 Å². The van der Waals surface area contributed by atoms with Gasteiger partial charge in [-0.2, -0.15) is 0 Å². The zero-order chi connectivity index (χ0) is 22.4. The molecule has 29 heavy (non-hydrogen) atoms. The van der Waals surface area contributed by atoms with E-state index in [1.807, 2.05) is 20.8 Å². The first-order chi connectivity index (χ1) is 13.4. The van der Waals surface area contributed by atoms with Crippen LogP contribution >= 0.6 is 0 Å². The molecule has 0 saturated heterocycles. The van der Waals surface area contributed by atoms with E-state index < -0.39 is 17.9 Å². The molecule has 0 heterocycles. The fraction of sp³-hybridized carbons (Fsp3) is 0.800. The van der Waals surface area contributed by atoms with Gasteiger partial charge in [0.25, 0.3) is 0 Å². The lowest BCUT2D eigenvalue weighted by Gasteiger charge is -2.26. The maximum atomic E-state index is 12.0. The number of carbonyl (C=O) groups is 4. The summed E-state index contributed by atoms with van der Waals surface area (Å²) in [6.07, 6.45) is 2.89. The normalized spacial score (nSPS) is 11.8. The second-order valence-electron chi connectivity index (χ2n) is 8.32. The molecule has 0 aromatic carbocycles. The first-order valence-corrected chi connectivity index (χ1v) is 10.0. The van der Waals surface area contributed by atoms with Gasteiger partial charge in [-0.1, -0.05) is 20.8 Å². The highest BCUT2D eigenvalue weighted by Gasteiger charge is 2.20. The molecule has 0 aliphatic heterocycles. The summed E-state index contributed by atoms with van der Waals surface area (Å²) in [4.78, 5) is 48.2. The van der Waals surface area contributed by atoms with Crippen molar-refractivity contribution in [2.45, 2.75) is 59.3 Å². The Morgan fingerprint density at radius 3 is 1.38 bits per heavy atom. The summed E-state index contributed by atoms with van der Waals surface area (Å²) < 4.78 is 0. The molecule has 0 saturated carbocycles. The largest absolute Gasteiger partial charge is 0.481 e. The second-order valence-corrected chi connectivity index (χ2v) is 8.32. The van der Waals surface area contributed by atoms with Crippen LogP contribution in [0.3, 0.4) is 0 Å². The van der Waals surface area contributed by atoms with Crippen LogP contribution in [0.1, 0.15) is 59.3 Å². The van der Waals surface area contributed by atoms with Gasteiger partial charge >= 0.3 is 17.9 Å². The van der Waals surface area contributed by atoms with Crippen molar-refractivity contribution in [3.63, 3.8) is 0 Å². The van der Waals surface area contributed by atoms with E-state index in [0.29, 0.717) is 58.3 Å². The molecule has 0 amide bonds. The number of carboxylic acid groups (broad SMARTS) is 3. The SMILES string of the molecule is CC(C)(C)C(=O)CCCCN(CCN(CCCCC(=O)O)CC(=O)O)CC(=O)O. The number of hydrogen-bond donors (Lipinski definition) is 3. The van der Waals surface area contributed by atoms with Crippen LogP contribution in [0, 0.1) is 5.41 Å². The van der Waals surface area contributed by atoms with Gasteiger partial charge in [0, 0.05) is 31.3 Å². The second kappa shape index (κ2) is 14.1. The molecule has 9 nitrogen and oxygen atoms in total. The van der Waals surface area contributed by atoms with Crippen LogP contribution in [0.25, 0.3) is 0 Å². The minimum Gasteiger partial charge on any atom is -0.481 e. The van der Waals surface area contributed by atoms with Crippen LogP contribution < -0.4 is 0 Å². The average molecular weight is 417 g/mol. The molecule has 0 atom stereocenters. The number of carboxylic acids is 3. The summed E-state index contributed by atoms with van der Waals surface area (Å²) in [6, 6.07) is 0. The van der Waals surface area contributed by atoms with Crippen molar-refractivity contribution in [3.05, 3.63) is 0 Å². The third-order valence-electron chi connectivity index (χ3n) is 4.53. The number of rotatable bonds is 17. The summed E-state index contributed by atoms with van der Waals surface area (Å²) in [5, 5.41) is 26.8. The molecule has 0 radical (unpaired) electrons. The monoisotopic (exact) mass is 416 g/mol. The number of unbranched alkanes of at least 4 members (excludes halogenated alkanes) is 2. The summed E-state index contributed by atoms with van der Waals surface area (Å²) in [5.41, 5.74) is -0.376. The summed E-state index contributed by atoms with van der Waals surface area (Å²) >= 11 is 0. The lowest BCUT2D eigenvalue weighted by atomic mass is 9.88. The van der Waals surface area contributed by atoms with Gasteiger partial charge in [0.2, 0.25) is 0 Å². The van der Waals surface area contributed by atoms with Gasteiger partial charge in [0.1, 0.15) is 5.78 Å². The smallest absolute Gasteiger partial charge is 0.317 e. The third kappa shape index (κ3) is 15.6. The van der Waals surface area contributed by atoms with E-state index in [1.165, 1.54) is 0 Å². The molecule has 0 spiro atoms. The van der Waals surface area contributed by atoms with Gasteiger partial charge in [0.05, 0.1) is 13.1 Å². The first kappa shape index (κ1) is 27.0. The van der Waals surface area contributed by atoms with E-state index in [0.717, 1.165) is 0 Å². The van der Waals surface area contributed by atoms with Crippen LogP contribution in [-0.2, 0) is 19.2 Å². The Balaban J connectivity index is 4.50. The Labute approximate surface area is 172 Å². The highest BCUT2D eigenvalue weighted by atomic mass is 16.4. The van der Waals surface area contributed by atoms with Crippen molar-refractivity contribution in [1.29, 1.82) is 0 Å². The molecule has 0 bridgehead atoms. The first-order valence-electron chi connectivity index (χ1n) is 10.0. The summed E-state index contributed by atoms with van der Waals surface area (Å²) in [7, 11) is 0. The standard InChI is InChI=1S/C20H36N2O7/c1-20(2,3)16(23)8-4-6-10-21(14-18(26)27)12-13-22(15-19(28)29)11-7-5-9-17(24)25/h4-15H2,1-3H3,(H,24,25)(H,26,27)(H,28,29). The van der Waals surface area contributed by atoms with Crippen molar-refractivity contribution in [1.82, 2.24) is 9.80 Å². The van der Waals surface area contributed by atoms with Gasteiger partial charge in [0.15, 0.2) is 0 Å². The highest BCUT2D eigenvalue weighted by molar-refractivity contribution is 5.83. The Morgan fingerprint density at radius 1 is 0.621 bits per heavy atom. The molecule has 3 N–H and O–H groups in total. The topological polar surface area (TPSA) is 135 Å². The molecule has 0 aliphatic carbocycles. The molecule has 0 aromatic rings. The number of hydrogen-bond acceptors (Lipinski definition) is 6. The molecular weight excluding hydrogens is 380 g/mol. The zero-order valence-electron chi connectivity index (χ0n) is 17.9. The Morgan fingerprint density at radius 2 is 1.03 bits per heavy atom. The number of ketones is 1. The number of Topliss-reactive ketones (excluding diaryl/α,β-unsaturated/α-hetero) is 1. The van der Waals surface area contributed by atoms with Gasteiger partial charge in [-0.3, -0.25) is 29.0 Å². The third-order valence-corrected chi connectivity index (χ3v) is 4.53. The molecule has 168 valence electrons. The fourth-order valence-corrected chi connectivity index (χ4v) is 2.81. The van der Waals surface area contributed by atoms with Crippen molar-refractivity contribution < 1.29 is 34.5 Å². The summed E-state index contributed by atoms with van der Waals surface area (Å²) in [5.74, 6) is -2.64. The minimum atomic E-state index is -0.978. The quantitative estimate of drug-likeness (QED) is 0.303. The lowest BCUT2D eigenvalue weighted by molar-refractivity contribution is -0.140. The van der Waals surface area contributed by atoms with Gasteiger partial charge in [-0.15, -0.1) is 0 Å². The molecule has 0 aromatic heterocycles. The van der Waals surface area contributed by atoms with Crippen LogP contribution in [-0.4, -0.2) is 88.1 Å². The Kier molecular flexibility index (Phi) is 13.1. The van der Waals surface area contributed by atoms with Crippen LogP contribution in [0.2, 0.25) is 0 Å². The predicted octanol–water partition coefficient (Wildman–Crippen LogP) is 1.80. The van der Waals surface area contributed by atoms with Crippen molar-refractivity contribution in [3.8, 4) is 0 Å². The van der Waals surface area contributed by atoms with E-state index in [1.54, 1.807) is 9.80 Å². The van der Waals surface area contributed by atoms with E-state index in [4.69, 9.17) is 15.3 Å². The van der Waals surface area contributed by atoms with Crippen LogP contribution in [0.15, 0.2) is 0 Å². The van der Waals surface area contributed by atoms with E-state index >= 15 is 0 Å². The van der Waals surface area contributed by atoms with Crippen molar-refractivity contribution >= 4 is 23.7 Å². The zero-order valence-corrected chi connectivity index (χ0v) is 17.9. The Hall–Kier alpha value is -2.00. The molecular formula is C20H36N2O7. The molecule has 9 heteroatoms. The molecule has 0 unspecified atom stereocenters. The maximum Gasteiger partial charge on any atom is 0.317 e. The average Bonchev–Trinajstić information content (AvgIpc) is 2.57. The predicted molar refractivity (Wildman–Crippen MR) is 108 cm³/mol. The van der Waals surface area contributed by atoms with E-state index in [9.17, 15) is 19.2 Å². The van der Waals surface area contributed by atoms with Crippen molar-refractivity contribution in [2.75, 3.05) is 39.3 Å². The van der Waals surface area contributed by atoms with Crippen LogP contribution in [0.5, 0.6) is 0 Å². The lowest BCUT2D eigenvalue weighted by Crippen LogP contribution is -2.40. The van der Waals surface area contributed by atoms with Crippen molar-refractivity contribution in [2.24, 2.45) is 5.41 Å². The van der Waals surface area contributed by atoms with E-state index in [-0.39, 0.29) is 30.7 Å². The maximum absolute atomic E-state index is 12.0. The minimum absolute atomic E-state index is 0.0410. The van der Waals surface area contributed by atoms with Gasteiger partial charge < -0.3 is 15.3 Å². The molecule has 0 fully saturated rings. The molecule has 0 aliphatic rings. The van der Waals surface area contributed by atoms with Gasteiger partial charge in [-0.05, 0) is 38.8 Å². The number of nitrogens with zero attached hydrogens (tertiary/aromatic N) is 2. The summed E-state index contributed by atoms with van der Waals surface area (Å²) in [6.45, 7) is 7.05. The number of aliphatic carboxylic acids is 3.